The lowest BCUT2D eigenvalue weighted by Crippen LogP contribution is -2.35. The highest BCUT2D eigenvalue weighted by Gasteiger charge is 2.25. The molecule has 1 rings (SSSR count). The maximum absolute atomic E-state index is 11.4. The van der Waals surface area contributed by atoms with Gasteiger partial charge in [-0.1, -0.05) is 0 Å². The predicted octanol–water partition coefficient (Wildman–Crippen LogP) is -0.380. The highest BCUT2D eigenvalue weighted by atomic mass is 32.2. The number of nitrogens with zero attached hydrogens (tertiary/aromatic N) is 1. The molecule has 1 aliphatic rings. The molecule has 0 aromatic rings. The molecule has 5 nitrogen and oxygen atoms in total. The second-order valence-corrected chi connectivity index (χ2v) is 4.08. The van der Waals surface area contributed by atoms with Crippen LogP contribution in [0.1, 0.15) is 6.42 Å². The van der Waals surface area contributed by atoms with Crippen molar-refractivity contribution < 1.29 is 9.59 Å². The summed E-state index contributed by atoms with van der Waals surface area (Å²) in [6, 6.07) is -0.269. The minimum absolute atomic E-state index is 0.109. The topological polar surface area (TPSA) is 75.4 Å². The first-order chi connectivity index (χ1) is 6.75. The van der Waals surface area contributed by atoms with Crippen molar-refractivity contribution in [2.75, 3.05) is 31.1 Å². The number of hydrogen-bond acceptors (Lipinski definition) is 4. The average Bonchev–Trinajstić information content (AvgIpc) is 2.59. The number of urea groups is 1. The zero-order valence-corrected chi connectivity index (χ0v) is 8.81. The summed E-state index contributed by atoms with van der Waals surface area (Å²) in [5.74, 6) is 1.13. The van der Waals surface area contributed by atoms with Crippen molar-refractivity contribution in [2.24, 2.45) is 5.73 Å². The molecule has 0 aromatic heterocycles. The molecule has 1 saturated heterocycles. The van der Waals surface area contributed by atoms with E-state index in [0.717, 1.165) is 12.2 Å². The second kappa shape index (κ2) is 5.87. The van der Waals surface area contributed by atoms with Crippen LogP contribution < -0.4 is 11.1 Å². The molecule has 3 N–H and O–H groups in total. The van der Waals surface area contributed by atoms with Crippen molar-refractivity contribution in [2.45, 2.75) is 6.42 Å². The Bertz CT molecular complexity index is 223. The molecule has 0 spiro atoms. The Kier molecular flexibility index (Phi) is 4.75. The Morgan fingerprint density at radius 2 is 2.43 bits per heavy atom. The predicted molar refractivity (Wildman–Crippen MR) is 56.1 cm³/mol. The van der Waals surface area contributed by atoms with Gasteiger partial charge in [0.05, 0.1) is 5.75 Å². The van der Waals surface area contributed by atoms with Gasteiger partial charge in [-0.25, -0.2) is 4.79 Å². The van der Waals surface area contributed by atoms with Gasteiger partial charge in [0.25, 0.3) is 0 Å². The largest absolute Gasteiger partial charge is 0.336 e. The Labute approximate surface area is 87.4 Å². The van der Waals surface area contributed by atoms with Crippen molar-refractivity contribution in [3.05, 3.63) is 0 Å². The van der Waals surface area contributed by atoms with Gasteiger partial charge in [0.15, 0.2) is 0 Å². The molecule has 6 heteroatoms. The van der Waals surface area contributed by atoms with Crippen LogP contribution in [0.3, 0.4) is 0 Å². The smallest absolute Gasteiger partial charge is 0.324 e. The Morgan fingerprint density at radius 3 is 3.00 bits per heavy atom. The van der Waals surface area contributed by atoms with Gasteiger partial charge in [0.1, 0.15) is 0 Å². The molecule has 0 atom stereocenters. The summed E-state index contributed by atoms with van der Waals surface area (Å²) < 4.78 is 0. The van der Waals surface area contributed by atoms with Gasteiger partial charge in [-0.05, 0) is 18.7 Å². The highest BCUT2D eigenvalue weighted by Crippen LogP contribution is 2.06. The summed E-state index contributed by atoms with van der Waals surface area (Å²) in [7, 11) is 0. The van der Waals surface area contributed by atoms with Crippen LogP contribution in [0.2, 0.25) is 0 Å². The van der Waals surface area contributed by atoms with Crippen LogP contribution in [0.5, 0.6) is 0 Å². The summed E-state index contributed by atoms with van der Waals surface area (Å²) in [6.45, 7) is 1.71. The number of amides is 3. The van der Waals surface area contributed by atoms with E-state index < -0.39 is 0 Å². The summed E-state index contributed by atoms with van der Waals surface area (Å²) >= 11 is 1.52. The first-order valence-corrected chi connectivity index (χ1v) is 5.77. The molecule has 0 radical (unpaired) electrons. The fourth-order valence-corrected chi connectivity index (χ4v) is 1.98. The van der Waals surface area contributed by atoms with Gasteiger partial charge in [0.2, 0.25) is 5.91 Å². The number of imide groups is 1. The van der Waals surface area contributed by atoms with Crippen LogP contribution in [-0.2, 0) is 4.79 Å². The van der Waals surface area contributed by atoms with E-state index in [1.165, 1.54) is 16.7 Å². The van der Waals surface area contributed by atoms with E-state index in [1.54, 1.807) is 0 Å². The van der Waals surface area contributed by atoms with E-state index >= 15 is 0 Å². The lowest BCUT2D eigenvalue weighted by molar-refractivity contribution is -0.124. The van der Waals surface area contributed by atoms with E-state index in [0.29, 0.717) is 25.4 Å². The SMILES string of the molecule is NCCCSCC(=O)N1CCNC1=O. The molecule has 0 bridgehead atoms. The van der Waals surface area contributed by atoms with Crippen LogP contribution in [-0.4, -0.2) is 48.0 Å². The second-order valence-electron chi connectivity index (χ2n) is 2.97. The Balaban J connectivity index is 2.18. The molecule has 0 aliphatic carbocycles. The maximum atomic E-state index is 11.4. The molecule has 1 heterocycles. The molecule has 0 unspecified atom stereocenters. The average molecular weight is 217 g/mol. The van der Waals surface area contributed by atoms with Crippen LogP contribution in [0.4, 0.5) is 4.79 Å². The van der Waals surface area contributed by atoms with Gasteiger partial charge in [0, 0.05) is 13.1 Å². The fraction of sp³-hybridized carbons (Fsp3) is 0.750. The van der Waals surface area contributed by atoms with E-state index in [4.69, 9.17) is 5.73 Å². The van der Waals surface area contributed by atoms with Gasteiger partial charge >= 0.3 is 6.03 Å². The molecule has 80 valence electrons. The zero-order valence-electron chi connectivity index (χ0n) is 7.99. The molecule has 1 aliphatic heterocycles. The van der Waals surface area contributed by atoms with Crippen LogP contribution in [0.15, 0.2) is 0 Å². The van der Waals surface area contributed by atoms with Crippen molar-refractivity contribution in [3.8, 4) is 0 Å². The van der Waals surface area contributed by atoms with E-state index in [2.05, 4.69) is 5.32 Å². The fourth-order valence-electron chi connectivity index (χ4n) is 1.13. The molecule has 3 amide bonds. The first-order valence-electron chi connectivity index (χ1n) is 4.61. The number of hydrogen-bond donors (Lipinski definition) is 2. The van der Waals surface area contributed by atoms with E-state index in [9.17, 15) is 9.59 Å². The summed E-state index contributed by atoms with van der Waals surface area (Å²) in [5, 5.41) is 2.59. The van der Waals surface area contributed by atoms with Crippen LogP contribution >= 0.6 is 11.8 Å². The number of nitrogens with two attached hydrogens (primary N) is 1. The van der Waals surface area contributed by atoms with Crippen molar-refractivity contribution in [1.29, 1.82) is 0 Å². The Hall–Kier alpha value is -0.750. The third-order valence-corrected chi connectivity index (χ3v) is 2.90. The number of carbonyl (C=O) groups is 2. The lowest BCUT2D eigenvalue weighted by atomic mass is 10.5. The number of nitrogens with one attached hydrogen (secondary N) is 1. The standard InChI is InChI=1S/C8H15N3O2S/c9-2-1-5-14-6-7(12)11-4-3-10-8(11)13/h1-6,9H2,(H,10,13). The highest BCUT2D eigenvalue weighted by molar-refractivity contribution is 7.99. The molecule has 1 fully saturated rings. The van der Waals surface area contributed by atoms with Crippen LogP contribution in [0.25, 0.3) is 0 Å². The molecular formula is C8H15N3O2S. The van der Waals surface area contributed by atoms with E-state index in [1.807, 2.05) is 0 Å². The molecule has 0 saturated carbocycles. The molecule has 14 heavy (non-hydrogen) atoms. The molecular weight excluding hydrogens is 202 g/mol. The summed E-state index contributed by atoms with van der Waals surface area (Å²) in [6.07, 6.45) is 0.907. The van der Waals surface area contributed by atoms with Crippen molar-refractivity contribution in [3.63, 3.8) is 0 Å². The van der Waals surface area contributed by atoms with Gasteiger partial charge < -0.3 is 11.1 Å². The Morgan fingerprint density at radius 1 is 1.64 bits per heavy atom. The van der Waals surface area contributed by atoms with Crippen molar-refractivity contribution in [1.82, 2.24) is 10.2 Å². The summed E-state index contributed by atoms with van der Waals surface area (Å²) in [4.78, 5) is 23.8. The van der Waals surface area contributed by atoms with Gasteiger partial charge in [-0.3, -0.25) is 9.69 Å². The van der Waals surface area contributed by atoms with Gasteiger partial charge in [-0.2, -0.15) is 11.8 Å². The monoisotopic (exact) mass is 217 g/mol. The minimum atomic E-state index is -0.269. The number of rotatable bonds is 5. The summed E-state index contributed by atoms with van der Waals surface area (Å²) in [5.41, 5.74) is 5.32. The van der Waals surface area contributed by atoms with Crippen molar-refractivity contribution >= 4 is 23.7 Å². The lowest BCUT2D eigenvalue weighted by Gasteiger charge is -2.11. The maximum Gasteiger partial charge on any atom is 0.324 e. The van der Waals surface area contributed by atoms with E-state index in [-0.39, 0.29) is 11.9 Å². The normalized spacial score (nSPS) is 15.8. The first kappa shape index (κ1) is 11.3. The third-order valence-electron chi connectivity index (χ3n) is 1.88. The number of thioether (sulfide) groups is 1. The minimum Gasteiger partial charge on any atom is -0.336 e. The quantitative estimate of drug-likeness (QED) is 0.616. The van der Waals surface area contributed by atoms with Gasteiger partial charge in [-0.15, -0.1) is 0 Å². The van der Waals surface area contributed by atoms with Crippen LogP contribution in [0, 0.1) is 0 Å². The zero-order chi connectivity index (χ0) is 10.4. The molecule has 0 aromatic carbocycles. The number of carbonyl (C=O) groups excluding carboxylic acids is 2. The third kappa shape index (κ3) is 3.19.